The number of hydrogen-bond donors (Lipinski definition) is 2. The predicted octanol–water partition coefficient (Wildman–Crippen LogP) is 2.94. The average Bonchev–Trinajstić information content (AvgIpc) is 2.26. The molecule has 92 valence electrons. The molecule has 0 aromatic carbocycles. The molecule has 0 rings (SSSR count). The van der Waals surface area contributed by atoms with Crippen molar-refractivity contribution in [2.45, 2.75) is 65.8 Å². The van der Waals surface area contributed by atoms with Crippen LogP contribution in [0, 0.1) is 11.3 Å². The van der Waals surface area contributed by atoms with E-state index in [0.717, 1.165) is 25.7 Å². The molecule has 2 nitrogen and oxygen atoms in total. The van der Waals surface area contributed by atoms with Gasteiger partial charge in [-0.25, -0.2) is 0 Å². The minimum absolute atomic E-state index is 0.152. The van der Waals surface area contributed by atoms with Crippen molar-refractivity contribution in [1.82, 2.24) is 0 Å². The summed E-state index contributed by atoms with van der Waals surface area (Å²) in [5.41, 5.74) is 6.39. The Hall–Kier alpha value is -0.0800. The molecule has 0 aromatic rings. The standard InChI is InChI=1S/C13H29NO/c1-5-11(4)10-13(7-3,8-9-15)12(14)6-2/h11-12,15H,5-10,14H2,1-4H3. The van der Waals surface area contributed by atoms with E-state index in [4.69, 9.17) is 5.73 Å². The second-order valence-electron chi connectivity index (χ2n) is 4.92. The molecule has 0 aromatic heterocycles. The van der Waals surface area contributed by atoms with Gasteiger partial charge in [0.05, 0.1) is 0 Å². The van der Waals surface area contributed by atoms with Gasteiger partial charge in [0.15, 0.2) is 0 Å². The fourth-order valence-electron chi connectivity index (χ4n) is 2.52. The van der Waals surface area contributed by atoms with Gasteiger partial charge in [-0.3, -0.25) is 0 Å². The van der Waals surface area contributed by atoms with Gasteiger partial charge in [0.25, 0.3) is 0 Å². The van der Waals surface area contributed by atoms with E-state index in [1.165, 1.54) is 6.42 Å². The molecule has 0 amide bonds. The van der Waals surface area contributed by atoms with Crippen LogP contribution in [0.1, 0.15) is 59.8 Å². The first-order valence-corrected chi connectivity index (χ1v) is 6.42. The van der Waals surface area contributed by atoms with Gasteiger partial charge in [-0.1, -0.05) is 34.1 Å². The third-order valence-corrected chi connectivity index (χ3v) is 3.99. The molecule has 0 saturated carbocycles. The maximum absolute atomic E-state index is 9.21. The molecule has 0 saturated heterocycles. The highest BCUT2D eigenvalue weighted by molar-refractivity contribution is 4.88. The zero-order valence-electron chi connectivity index (χ0n) is 10.9. The van der Waals surface area contributed by atoms with Crippen LogP contribution < -0.4 is 5.73 Å². The first-order chi connectivity index (χ1) is 7.06. The van der Waals surface area contributed by atoms with Crippen molar-refractivity contribution in [3.8, 4) is 0 Å². The SMILES string of the molecule is CCC(C)CC(CC)(CCO)C(N)CC. The summed E-state index contributed by atoms with van der Waals surface area (Å²) in [6.45, 7) is 9.11. The Morgan fingerprint density at radius 1 is 1.20 bits per heavy atom. The van der Waals surface area contributed by atoms with Gasteiger partial charge < -0.3 is 10.8 Å². The van der Waals surface area contributed by atoms with E-state index in [0.29, 0.717) is 5.92 Å². The van der Waals surface area contributed by atoms with Gasteiger partial charge in [-0.05, 0) is 37.0 Å². The van der Waals surface area contributed by atoms with E-state index in [9.17, 15) is 5.11 Å². The summed E-state index contributed by atoms with van der Waals surface area (Å²) in [6, 6.07) is 0.226. The minimum Gasteiger partial charge on any atom is -0.396 e. The van der Waals surface area contributed by atoms with Crippen molar-refractivity contribution >= 4 is 0 Å². The van der Waals surface area contributed by atoms with E-state index in [1.807, 2.05) is 0 Å². The van der Waals surface area contributed by atoms with E-state index in [-0.39, 0.29) is 18.1 Å². The van der Waals surface area contributed by atoms with Crippen LogP contribution in [0.4, 0.5) is 0 Å². The van der Waals surface area contributed by atoms with Gasteiger partial charge in [0.2, 0.25) is 0 Å². The highest BCUT2D eigenvalue weighted by Gasteiger charge is 2.34. The zero-order valence-corrected chi connectivity index (χ0v) is 10.9. The lowest BCUT2D eigenvalue weighted by atomic mass is 9.69. The Kier molecular flexibility index (Phi) is 7.20. The summed E-state index contributed by atoms with van der Waals surface area (Å²) in [6.07, 6.45) is 5.28. The molecule has 0 radical (unpaired) electrons. The van der Waals surface area contributed by atoms with Crippen LogP contribution in [0.15, 0.2) is 0 Å². The summed E-state index contributed by atoms with van der Waals surface area (Å²) in [7, 11) is 0. The van der Waals surface area contributed by atoms with Crippen molar-refractivity contribution < 1.29 is 5.11 Å². The van der Waals surface area contributed by atoms with Gasteiger partial charge in [0, 0.05) is 12.6 Å². The zero-order chi connectivity index (χ0) is 11.9. The smallest absolute Gasteiger partial charge is 0.0436 e. The summed E-state index contributed by atoms with van der Waals surface area (Å²) in [4.78, 5) is 0. The molecule has 3 N–H and O–H groups in total. The van der Waals surface area contributed by atoms with E-state index in [2.05, 4.69) is 27.7 Å². The second kappa shape index (κ2) is 7.24. The molecule has 0 heterocycles. The Balaban J connectivity index is 4.63. The summed E-state index contributed by atoms with van der Waals surface area (Å²) < 4.78 is 0. The first kappa shape index (κ1) is 14.9. The Labute approximate surface area is 95.3 Å². The third-order valence-electron chi connectivity index (χ3n) is 3.99. The van der Waals surface area contributed by atoms with Crippen molar-refractivity contribution in [2.24, 2.45) is 17.1 Å². The number of nitrogens with two attached hydrogens (primary N) is 1. The molecule has 0 spiro atoms. The van der Waals surface area contributed by atoms with Crippen molar-refractivity contribution in [2.75, 3.05) is 6.61 Å². The molecule has 15 heavy (non-hydrogen) atoms. The maximum Gasteiger partial charge on any atom is 0.0436 e. The van der Waals surface area contributed by atoms with Crippen LogP contribution in [0.3, 0.4) is 0 Å². The summed E-state index contributed by atoms with van der Waals surface area (Å²) in [5, 5.41) is 9.21. The Morgan fingerprint density at radius 3 is 2.13 bits per heavy atom. The van der Waals surface area contributed by atoms with Crippen LogP contribution >= 0.6 is 0 Å². The molecule has 0 aliphatic heterocycles. The fraction of sp³-hybridized carbons (Fsp3) is 1.00. The van der Waals surface area contributed by atoms with Crippen LogP contribution in [0.2, 0.25) is 0 Å². The molecule has 0 fully saturated rings. The monoisotopic (exact) mass is 215 g/mol. The van der Waals surface area contributed by atoms with Crippen LogP contribution in [-0.2, 0) is 0 Å². The Bertz CT molecular complexity index is 161. The van der Waals surface area contributed by atoms with Crippen molar-refractivity contribution in [3.63, 3.8) is 0 Å². The van der Waals surface area contributed by atoms with E-state index >= 15 is 0 Å². The van der Waals surface area contributed by atoms with E-state index < -0.39 is 0 Å². The molecular weight excluding hydrogens is 186 g/mol. The summed E-state index contributed by atoms with van der Waals surface area (Å²) in [5.74, 6) is 0.703. The highest BCUT2D eigenvalue weighted by atomic mass is 16.3. The molecule has 0 aliphatic rings. The maximum atomic E-state index is 9.21. The number of aliphatic hydroxyl groups excluding tert-OH is 1. The number of hydrogen-bond acceptors (Lipinski definition) is 2. The molecule has 0 aliphatic carbocycles. The van der Waals surface area contributed by atoms with Crippen molar-refractivity contribution in [1.29, 1.82) is 0 Å². The Morgan fingerprint density at radius 2 is 1.80 bits per heavy atom. The molecule has 2 heteroatoms. The quantitative estimate of drug-likeness (QED) is 0.654. The van der Waals surface area contributed by atoms with Crippen LogP contribution in [0.25, 0.3) is 0 Å². The van der Waals surface area contributed by atoms with Gasteiger partial charge in [-0.2, -0.15) is 0 Å². The fourth-order valence-corrected chi connectivity index (χ4v) is 2.52. The molecule has 0 bridgehead atoms. The molecule has 3 atom stereocenters. The third kappa shape index (κ3) is 4.12. The molecular formula is C13H29NO. The summed E-state index contributed by atoms with van der Waals surface area (Å²) >= 11 is 0. The predicted molar refractivity (Wildman–Crippen MR) is 66.8 cm³/mol. The van der Waals surface area contributed by atoms with E-state index in [1.54, 1.807) is 0 Å². The topological polar surface area (TPSA) is 46.2 Å². The lowest BCUT2D eigenvalue weighted by Crippen LogP contribution is -2.42. The van der Waals surface area contributed by atoms with Gasteiger partial charge in [-0.15, -0.1) is 0 Å². The average molecular weight is 215 g/mol. The number of aliphatic hydroxyl groups is 1. The van der Waals surface area contributed by atoms with Crippen LogP contribution in [0.5, 0.6) is 0 Å². The lowest BCUT2D eigenvalue weighted by molar-refractivity contribution is 0.107. The largest absolute Gasteiger partial charge is 0.396 e. The first-order valence-electron chi connectivity index (χ1n) is 6.42. The second-order valence-corrected chi connectivity index (χ2v) is 4.92. The molecule has 3 unspecified atom stereocenters. The van der Waals surface area contributed by atoms with Crippen molar-refractivity contribution in [3.05, 3.63) is 0 Å². The minimum atomic E-state index is 0.152. The van der Waals surface area contributed by atoms with Crippen LogP contribution in [-0.4, -0.2) is 17.8 Å². The van der Waals surface area contributed by atoms with Gasteiger partial charge in [0.1, 0.15) is 0 Å². The lowest BCUT2D eigenvalue weighted by Gasteiger charge is -2.39. The normalized spacial score (nSPS) is 19.6. The highest BCUT2D eigenvalue weighted by Crippen LogP contribution is 2.38. The number of rotatable bonds is 8. The van der Waals surface area contributed by atoms with Gasteiger partial charge >= 0.3 is 0 Å².